The predicted octanol–water partition coefficient (Wildman–Crippen LogP) is 3.66. The highest BCUT2D eigenvalue weighted by molar-refractivity contribution is 5.58. The third-order valence-electron chi connectivity index (χ3n) is 6.73. The number of aliphatic hydroxyl groups excluding tert-OH is 1. The maximum Gasteiger partial charge on any atom is 0.142 e. The molecule has 1 aromatic rings. The fraction of sp³-hybridized carbons (Fsp3) is 0.750. The summed E-state index contributed by atoms with van der Waals surface area (Å²) < 4.78 is 11.7. The Morgan fingerprint density at radius 2 is 1.83 bits per heavy atom. The Hall–Kier alpha value is -1.30. The van der Waals surface area contributed by atoms with Gasteiger partial charge in [0.05, 0.1) is 31.6 Å². The molecule has 1 saturated heterocycles. The number of β-amino-alcohol motifs (C(OH)–C–C–N with tert-alkyl or cyclic N) is 1. The van der Waals surface area contributed by atoms with Gasteiger partial charge in [-0.05, 0) is 42.7 Å². The van der Waals surface area contributed by atoms with Crippen molar-refractivity contribution in [2.45, 2.75) is 52.2 Å². The van der Waals surface area contributed by atoms with E-state index in [1.54, 1.807) is 7.11 Å². The fourth-order valence-corrected chi connectivity index (χ4v) is 4.95. The van der Waals surface area contributed by atoms with E-state index in [2.05, 4.69) is 42.7 Å². The number of nitrogens with zero attached hydrogens (tertiary/aromatic N) is 2. The highest BCUT2D eigenvalue weighted by atomic mass is 16.5. The van der Waals surface area contributed by atoms with Crippen molar-refractivity contribution in [1.82, 2.24) is 4.90 Å². The van der Waals surface area contributed by atoms with E-state index in [1.165, 1.54) is 12.8 Å². The molecule has 1 aliphatic carbocycles. The molecule has 3 rings (SSSR count). The van der Waals surface area contributed by atoms with Gasteiger partial charge in [-0.15, -0.1) is 0 Å². The van der Waals surface area contributed by atoms with Crippen molar-refractivity contribution in [2.24, 2.45) is 17.8 Å². The van der Waals surface area contributed by atoms with Crippen molar-refractivity contribution in [2.75, 3.05) is 51.3 Å². The summed E-state index contributed by atoms with van der Waals surface area (Å²) in [6.45, 7) is 11.9. The van der Waals surface area contributed by atoms with Crippen molar-refractivity contribution < 1.29 is 14.6 Å². The van der Waals surface area contributed by atoms with Crippen LogP contribution in [0.15, 0.2) is 24.3 Å². The molecule has 1 saturated carbocycles. The minimum atomic E-state index is -0.419. The van der Waals surface area contributed by atoms with Crippen molar-refractivity contribution in [3.63, 3.8) is 0 Å². The quantitative estimate of drug-likeness (QED) is 0.716. The molecule has 4 atom stereocenters. The van der Waals surface area contributed by atoms with Gasteiger partial charge in [0.25, 0.3) is 0 Å². The highest BCUT2D eigenvalue weighted by Gasteiger charge is 2.32. The van der Waals surface area contributed by atoms with Gasteiger partial charge in [-0.1, -0.05) is 39.3 Å². The van der Waals surface area contributed by atoms with E-state index in [4.69, 9.17) is 9.47 Å². The molecule has 5 nitrogen and oxygen atoms in total. The predicted molar refractivity (Wildman–Crippen MR) is 119 cm³/mol. The second-order valence-corrected chi connectivity index (χ2v) is 9.31. The number of hydrogen-bond donors (Lipinski definition) is 1. The zero-order chi connectivity index (χ0) is 20.8. The molecule has 0 aromatic heterocycles. The number of piperazine rings is 1. The minimum Gasteiger partial charge on any atom is -0.495 e. The topological polar surface area (TPSA) is 45.2 Å². The van der Waals surface area contributed by atoms with Crippen molar-refractivity contribution in [1.29, 1.82) is 0 Å². The van der Waals surface area contributed by atoms with E-state index in [0.29, 0.717) is 31.1 Å². The monoisotopic (exact) mass is 404 g/mol. The molecule has 0 amide bonds. The number of para-hydroxylation sites is 2. The van der Waals surface area contributed by atoms with Gasteiger partial charge in [0.15, 0.2) is 0 Å². The SMILES string of the molecule is COc1ccccc1N1CCN(C[C@@H](O)CO[C@@H]2C[C@H](C)CC[C@H]2C(C)C)CC1. The maximum absolute atomic E-state index is 10.6. The Bertz CT molecular complexity index is 616. The Morgan fingerprint density at radius 3 is 2.52 bits per heavy atom. The number of anilines is 1. The fourth-order valence-electron chi connectivity index (χ4n) is 4.95. The van der Waals surface area contributed by atoms with Crippen LogP contribution in [-0.2, 0) is 4.74 Å². The van der Waals surface area contributed by atoms with Crippen LogP contribution in [0.2, 0.25) is 0 Å². The standard InChI is InChI=1S/C24H40N2O3/c1-18(2)21-10-9-19(3)15-24(21)29-17-20(27)16-25-11-13-26(14-12-25)22-7-5-6-8-23(22)28-4/h5-8,18-21,24,27H,9-17H2,1-4H3/t19-,20-,21+,24-/m1/s1. The summed E-state index contributed by atoms with van der Waals surface area (Å²) in [7, 11) is 1.72. The van der Waals surface area contributed by atoms with Crippen molar-refractivity contribution >= 4 is 5.69 Å². The van der Waals surface area contributed by atoms with E-state index >= 15 is 0 Å². The van der Waals surface area contributed by atoms with Crippen molar-refractivity contribution in [3.8, 4) is 5.75 Å². The number of methoxy groups -OCH3 is 1. The van der Waals surface area contributed by atoms with Gasteiger partial charge < -0.3 is 19.5 Å². The molecular formula is C24H40N2O3. The van der Waals surface area contributed by atoms with E-state index in [1.807, 2.05) is 12.1 Å². The molecule has 2 aliphatic rings. The first-order valence-electron chi connectivity index (χ1n) is 11.4. The zero-order valence-corrected chi connectivity index (χ0v) is 18.7. The largest absolute Gasteiger partial charge is 0.495 e. The van der Waals surface area contributed by atoms with Crippen LogP contribution in [0.4, 0.5) is 5.69 Å². The summed E-state index contributed by atoms with van der Waals surface area (Å²) in [6.07, 6.45) is 3.58. The normalized spacial score (nSPS) is 27.2. The number of aliphatic hydroxyl groups is 1. The van der Waals surface area contributed by atoms with Gasteiger partial charge >= 0.3 is 0 Å². The summed E-state index contributed by atoms with van der Waals surface area (Å²) in [4.78, 5) is 4.72. The first kappa shape index (κ1) is 22.4. The van der Waals surface area contributed by atoms with Gasteiger partial charge in [-0.2, -0.15) is 0 Å². The lowest BCUT2D eigenvalue weighted by Gasteiger charge is -2.39. The first-order chi connectivity index (χ1) is 14.0. The second-order valence-electron chi connectivity index (χ2n) is 9.31. The lowest BCUT2D eigenvalue weighted by atomic mass is 9.75. The molecule has 164 valence electrons. The average Bonchev–Trinajstić information content (AvgIpc) is 2.72. The third-order valence-corrected chi connectivity index (χ3v) is 6.73. The van der Waals surface area contributed by atoms with Crippen LogP contribution in [-0.4, -0.2) is 68.7 Å². The van der Waals surface area contributed by atoms with Crippen LogP contribution in [0.5, 0.6) is 5.75 Å². The molecule has 0 spiro atoms. The van der Waals surface area contributed by atoms with Gasteiger partial charge in [0.2, 0.25) is 0 Å². The summed E-state index contributed by atoms with van der Waals surface area (Å²) >= 11 is 0. The highest BCUT2D eigenvalue weighted by Crippen LogP contribution is 2.35. The molecule has 1 aromatic carbocycles. The molecular weight excluding hydrogens is 364 g/mol. The summed E-state index contributed by atoms with van der Waals surface area (Å²) in [5, 5.41) is 10.6. The Balaban J connectivity index is 1.43. The zero-order valence-electron chi connectivity index (χ0n) is 18.7. The maximum atomic E-state index is 10.6. The van der Waals surface area contributed by atoms with E-state index in [-0.39, 0.29) is 0 Å². The van der Waals surface area contributed by atoms with E-state index in [9.17, 15) is 5.11 Å². The molecule has 0 bridgehead atoms. The average molecular weight is 405 g/mol. The molecule has 2 fully saturated rings. The smallest absolute Gasteiger partial charge is 0.142 e. The Kier molecular flexibility index (Phi) is 8.22. The molecule has 1 N–H and O–H groups in total. The van der Waals surface area contributed by atoms with Gasteiger partial charge in [-0.3, -0.25) is 4.90 Å². The molecule has 0 radical (unpaired) electrons. The van der Waals surface area contributed by atoms with Crippen LogP contribution >= 0.6 is 0 Å². The second kappa shape index (κ2) is 10.6. The molecule has 5 heteroatoms. The summed E-state index contributed by atoms with van der Waals surface area (Å²) in [5.41, 5.74) is 1.16. The first-order valence-corrected chi connectivity index (χ1v) is 11.4. The van der Waals surface area contributed by atoms with E-state index < -0.39 is 6.10 Å². The number of rotatable bonds is 8. The van der Waals surface area contributed by atoms with Crippen LogP contribution in [0.3, 0.4) is 0 Å². The minimum absolute atomic E-state index is 0.302. The van der Waals surface area contributed by atoms with Crippen molar-refractivity contribution in [3.05, 3.63) is 24.3 Å². The molecule has 1 heterocycles. The number of benzene rings is 1. The molecule has 29 heavy (non-hydrogen) atoms. The van der Waals surface area contributed by atoms with Gasteiger partial charge in [0, 0.05) is 32.7 Å². The molecule has 0 unspecified atom stereocenters. The van der Waals surface area contributed by atoms with Crippen LogP contribution < -0.4 is 9.64 Å². The van der Waals surface area contributed by atoms with Gasteiger partial charge in [-0.25, -0.2) is 0 Å². The van der Waals surface area contributed by atoms with Crippen LogP contribution in [0.1, 0.15) is 40.0 Å². The Morgan fingerprint density at radius 1 is 1.10 bits per heavy atom. The number of ether oxygens (including phenoxy) is 2. The van der Waals surface area contributed by atoms with Crippen LogP contribution in [0.25, 0.3) is 0 Å². The lowest BCUT2D eigenvalue weighted by molar-refractivity contribution is -0.0740. The van der Waals surface area contributed by atoms with Gasteiger partial charge in [0.1, 0.15) is 5.75 Å². The summed E-state index contributed by atoms with van der Waals surface area (Å²) in [5.74, 6) is 2.93. The number of hydrogen-bond acceptors (Lipinski definition) is 5. The lowest BCUT2D eigenvalue weighted by Crippen LogP contribution is -2.49. The Labute approximate surface area is 177 Å². The summed E-state index contributed by atoms with van der Waals surface area (Å²) in [6, 6.07) is 8.19. The van der Waals surface area contributed by atoms with Crippen LogP contribution in [0, 0.1) is 17.8 Å². The van der Waals surface area contributed by atoms with E-state index in [0.717, 1.165) is 50.0 Å². The third kappa shape index (κ3) is 6.09. The molecule has 1 aliphatic heterocycles.